The highest BCUT2D eigenvalue weighted by molar-refractivity contribution is 5.13. The van der Waals surface area contributed by atoms with Crippen molar-refractivity contribution < 1.29 is 10.8 Å². The Morgan fingerprint density at radius 1 is 1.40 bits per heavy atom. The fraction of sp³-hybridized carbons (Fsp3) is 0.750. The SMILES string of the molecule is [NH3+][C@@H]1[C@H](CO)[C@@H]2C=C[C@H]1C2. The van der Waals surface area contributed by atoms with Gasteiger partial charge in [-0.1, -0.05) is 12.2 Å². The van der Waals surface area contributed by atoms with Gasteiger partial charge >= 0.3 is 0 Å². The van der Waals surface area contributed by atoms with E-state index < -0.39 is 0 Å². The van der Waals surface area contributed by atoms with E-state index in [9.17, 15) is 0 Å². The first-order valence-corrected chi connectivity index (χ1v) is 3.95. The minimum atomic E-state index is 0.319. The van der Waals surface area contributed by atoms with E-state index in [1.807, 2.05) is 0 Å². The number of aliphatic hydroxyl groups excluding tert-OH is 1. The van der Waals surface area contributed by atoms with Crippen molar-refractivity contribution in [2.24, 2.45) is 17.8 Å². The Labute approximate surface area is 60.7 Å². The molecule has 2 nitrogen and oxygen atoms in total. The maximum atomic E-state index is 8.98. The van der Waals surface area contributed by atoms with Gasteiger partial charge in [-0.25, -0.2) is 0 Å². The molecule has 2 bridgehead atoms. The Morgan fingerprint density at radius 3 is 2.50 bits per heavy atom. The summed E-state index contributed by atoms with van der Waals surface area (Å²) in [7, 11) is 0. The molecule has 0 spiro atoms. The Hall–Kier alpha value is -0.340. The molecule has 1 saturated carbocycles. The Morgan fingerprint density at radius 2 is 2.10 bits per heavy atom. The summed E-state index contributed by atoms with van der Waals surface area (Å²) >= 11 is 0. The fourth-order valence-corrected chi connectivity index (χ4v) is 2.30. The van der Waals surface area contributed by atoms with Gasteiger partial charge in [0, 0.05) is 11.8 Å². The summed E-state index contributed by atoms with van der Waals surface area (Å²) in [6, 6.07) is 0.472. The second kappa shape index (κ2) is 2.07. The first-order chi connectivity index (χ1) is 4.83. The number of hydrogen-bond acceptors (Lipinski definition) is 1. The van der Waals surface area contributed by atoms with Crippen molar-refractivity contribution in [2.75, 3.05) is 6.61 Å². The summed E-state index contributed by atoms with van der Waals surface area (Å²) in [4.78, 5) is 0. The quantitative estimate of drug-likeness (QED) is 0.470. The smallest absolute Gasteiger partial charge is 0.0963 e. The molecule has 10 heavy (non-hydrogen) atoms. The van der Waals surface area contributed by atoms with Gasteiger partial charge in [-0.05, 0) is 12.3 Å². The van der Waals surface area contributed by atoms with E-state index in [1.165, 1.54) is 6.42 Å². The second-order valence-electron chi connectivity index (χ2n) is 3.46. The van der Waals surface area contributed by atoms with Crippen molar-refractivity contribution in [2.45, 2.75) is 12.5 Å². The van der Waals surface area contributed by atoms with Crippen molar-refractivity contribution in [1.82, 2.24) is 0 Å². The molecule has 2 heteroatoms. The third-order valence-electron chi connectivity index (χ3n) is 3.01. The number of fused-ring (bicyclic) bond motifs is 2. The van der Waals surface area contributed by atoms with Gasteiger partial charge in [-0.2, -0.15) is 0 Å². The second-order valence-corrected chi connectivity index (χ2v) is 3.46. The van der Waals surface area contributed by atoms with Crippen molar-refractivity contribution in [3.8, 4) is 0 Å². The summed E-state index contributed by atoms with van der Waals surface area (Å²) in [5.74, 6) is 1.76. The van der Waals surface area contributed by atoms with Gasteiger partial charge < -0.3 is 10.8 Å². The summed E-state index contributed by atoms with van der Waals surface area (Å²) in [5.41, 5.74) is 4.06. The molecule has 0 heterocycles. The van der Waals surface area contributed by atoms with Crippen LogP contribution >= 0.6 is 0 Å². The zero-order valence-electron chi connectivity index (χ0n) is 6.03. The maximum Gasteiger partial charge on any atom is 0.0963 e. The maximum absolute atomic E-state index is 8.98. The van der Waals surface area contributed by atoms with E-state index >= 15 is 0 Å². The van der Waals surface area contributed by atoms with Crippen LogP contribution < -0.4 is 5.73 Å². The summed E-state index contributed by atoms with van der Waals surface area (Å²) in [6.45, 7) is 0.319. The monoisotopic (exact) mass is 140 g/mol. The van der Waals surface area contributed by atoms with Crippen molar-refractivity contribution in [3.05, 3.63) is 12.2 Å². The van der Waals surface area contributed by atoms with Crippen LogP contribution in [0.25, 0.3) is 0 Å². The van der Waals surface area contributed by atoms with E-state index in [4.69, 9.17) is 5.11 Å². The van der Waals surface area contributed by atoms with Crippen LogP contribution in [0.15, 0.2) is 12.2 Å². The highest BCUT2D eigenvalue weighted by atomic mass is 16.3. The van der Waals surface area contributed by atoms with Crippen LogP contribution in [-0.2, 0) is 0 Å². The largest absolute Gasteiger partial charge is 0.396 e. The van der Waals surface area contributed by atoms with Gasteiger partial charge in [-0.15, -0.1) is 0 Å². The number of aliphatic hydroxyl groups is 1. The van der Waals surface area contributed by atoms with Gasteiger partial charge in [0.2, 0.25) is 0 Å². The van der Waals surface area contributed by atoms with Crippen LogP contribution in [-0.4, -0.2) is 17.8 Å². The van der Waals surface area contributed by atoms with Gasteiger partial charge in [0.05, 0.1) is 12.6 Å². The lowest BCUT2D eigenvalue weighted by Crippen LogP contribution is -2.66. The molecule has 0 amide bonds. The topological polar surface area (TPSA) is 47.9 Å². The molecule has 0 aromatic heterocycles. The molecule has 0 unspecified atom stereocenters. The molecule has 4 N–H and O–H groups in total. The molecule has 0 saturated heterocycles. The molecule has 0 aromatic rings. The summed E-state index contributed by atoms with van der Waals surface area (Å²) < 4.78 is 0. The first-order valence-electron chi connectivity index (χ1n) is 3.95. The molecule has 56 valence electrons. The van der Waals surface area contributed by atoms with Gasteiger partial charge in [0.1, 0.15) is 0 Å². The summed E-state index contributed by atoms with van der Waals surface area (Å²) in [6.07, 6.45) is 5.74. The predicted molar refractivity (Wildman–Crippen MR) is 38.0 cm³/mol. The van der Waals surface area contributed by atoms with Crippen LogP contribution in [0.1, 0.15) is 6.42 Å². The van der Waals surface area contributed by atoms with Crippen molar-refractivity contribution in [1.29, 1.82) is 0 Å². The van der Waals surface area contributed by atoms with Crippen molar-refractivity contribution >= 4 is 0 Å². The van der Waals surface area contributed by atoms with E-state index in [1.54, 1.807) is 0 Å². The number of allylic oxidation sites excluding steroid dienone is 1. The zero-order valence-corrected chi connectivity index (χ0v) is 6.03. The lowest BCUT2D eigenvalue weighted by Gasteiger charge is -2.18. The molecule has 1 fully saturated rings. The first kappa shape index (κ1) is 6.38. The standard InChI is InChI=1S/C8H13NO/c9-8-6-2-1-5(3-6)7(8)4-10/h1-2,5-8,10H,3-4,9H2/p+1/t5-,6+,7-,8+/m1/s1. The Kier molecular flexibility index (Phi) is 1.32. The Balaban J connectivity index is 2.18. The van der Waals surface area contributed by atoms with Gasteiger partial charge in [0.25, 0.3) is 0 Å². The molecule has 0 aromatic carbocycles. The third kappa shape index (κ3) is 0.662. The third-order valence-corrected chi connectivity index (χ3v) is 3.01. The zero-order chi connectivity index (χ0) is 7.14. The van der Waals surface area contributed by atoms with Crippen LogP contribution in [0.3, 0.4) is 0 Å². The molecule has 2 rings (SSSR count). The fourth-order valence-electron chi connectivity index (χ4n) is 2.30. The average Bonchev–Trinajstić information content (AvgIpc) is 2.46. The lowest BCUT2D eigenvalue weighted by molar-refractivity contribution is -0.438. The summed E-state index contributed by atoms with van der Waals surface area (Å²) in [5, 5.41) is 8.98. The number of rotatable bonds is 1. The Bertz CT molecular complexity index is 167. The van der Waals surface area contributed by atoms with E-state index in [0.29, 0.717) is 30.4 Å². The van der Waals surface area contributed by atoms with E-state index in [-0.39, 0.29) is 0 Å². The molecular formula is C8H14NO+. The van der Waals surface area contributed by atoms with Crippen LogP contribution in [0, 0.1) is 17.8 Å². The average molecular weight is 140 g/mol. The minimum Gasteiger partial charge on any atom is -0.396 e. The molecule has 4 atom stereocenters. The normalized spacial score (nSPS) is 50.6. The lowest BCUT2D eigenvalue weighted by atomic mass is 9.90. The van der Waals surface area contributed by atoms with Crippen LogP contribution in [0.2, 0.25) is 0 Å². The van der Waals surface area contributed by atoms with Crippen LogP contribution in [0.5, 0.6) is 0 Å². The molecule has 0 aliphatic heterocycles. The van der Waals surface area contributed by atoms with Gasteiger partial charge in [-0.3, -0.25) is 0 Å². The number of quaternary nitrogens is 1. The van der Waals surface area contributed by atoms with E-state index in [2.05, 4.69) is 17.9 Å². The molecule has 2 aliphatic carbocycles. The molecular weight excluding hydrogens is 126 g/mol. The van der Waals surface area contributed by atoms with Crippen LogP contribution in [0.4, 0.5) is 0 Å². The molecule has 2 aliphatic rings. The molecule has 0 radical (unpaired) electrons. The van der Waals surface area contributed by atoms with E-state index in [0.717, 1.165) is 0 Å². The van der Waals surface area contributed by atoms with Gasteiger partial charge in [0.15, 0.2) is 0 Å². The predicted octanol–water partition coefficient (Wildman–Crippen LogP) is -0.589. The van der Waals surface area contributed by atoms with Crippen molar-refractivity contribution in [3.63, 3.8) is 0 Å². The minimum absolute atomic E-state index is 0.319. The number of hydrogen-bond donors (Lipinski definition) is 2. The highest BCUT2D eigenvalue weighted by Gasteiger charge is 2.44. The highest BCUT2D eigenvalue weighted by Crippen LogP contribution is 2.41.